The molecule has 0 rings (SSSR count). The molecule has 0 aromatic heterocycles. The Morgan fingerprint density at radius 2 is 2.33 bits per heavy atom. The number of rotatable bonds is 3. The van der Waals surface area contributed by atoms with Crippen molar-refractivity contribution in [1.29, 1.82) is 0 Å². The molecule has 3 heteroatoms. The van der Waals surface area contributed by atoms with Crippen molar-refractivity contribution in [3.05, 3.63) is 0 Å². The third kappa shape index (κ3) is 4.28. The summed E-state index contributed by atoms with van der Waals surface area (Å²) in [5.41, 5.74) is 0. The minimum atomic E-state index is -0.342. The van der Waals surface area contributed by atoms with Crippen molar-refractivity contribution in [3.8, 4) is 0 Å². The van der Waals surface area contributed by atoms with E-state index < -0.39 is 0 Å². The second kappa shape index (κ2) is 4.62. The Hall–Kier alpha value is -0.240. The van der Waals surface area contributed by atoms with Gasteiger partial charge in [0.2, 0.25) is 0 Å². The Morgan fingerprint density at radius 3 is 2.67 bits per heavy atom. The fourth-order valence-electron chi connectivity index (χ4n) is 0.339. The van der Waals surface area contributed by atoms with Gasteiger partial charge in [0.1, 0.15) is 5.88 Å². The van der Waals surface area contributed by atoms with Crippen LogP contribution in [0.25, 0.3) is 0 Å². The van der Waals surface area contributed by atoms with E-state index in [1.165, 1.54) is 0 Å². The average molecular weight is 151 g/mol. The molecular weight excluding hydrogens is 140 g/mol. The van der Waals surface area contributed by atoms with Crippen LogP contribution < -0.4 is 0 Å². The van der Waals surface area contributed by atoms with Gasteiger partial charge in [-0.1, -0.05) is 6.92 Å². The van der Waals surface area contributed by atoms with E-state index in [1.54, 1.807) is 0 Å². The molecule has 0 amide bonds. The predicted octanol–water partition coefficient (Wildman–Crippen LogP) is 1.57. The lowest BCUT2D eigenvalue weighted by Gasteiger charge is -2.07. The molecule has 0 N–H and O–H groups in total. The number of esters is 1. The summed E-state index contributed by atoms with van der Waals surface area (Å²) in [7, 11) is 0. The third-order valence-electron chi connectivity index (χ3n) is 1.02. The van der Waals surface area contributed by atoms with E-state index in [2.05, 4.69) is 0 Å². The summed E-state index contributed by atoms with van der Waals surface area (Å²) < 4.78 is 4.78. The molecule has 0 spiro atoms. The van der Waals surface area contributed by atoms with Crippen LogP contribution >= 0.6 is 11.6 Å². The molecule has 1 atom stereocenters. The average Bonchev–Trinajstić information content (AvgIpc) is 1.87. The lowest BCUT2D eigenvalue weighted by atomic mass is 10.3. The fourth-order valence-corrected chi connectivity index (χ4v) is 0.402. The SMILES string of the molecule is CCC(C)OC(=O)CCl. The highest BCUT2D eigenvalue weighted by Gasteiger charge is 2.03. The second-order valence-corrected chi connectivity index (χ2v) is 2.11. The molecule has 0 heterocycles. The maximum Gasteiger partial charge on any atom is 0.321 e. The van der Waals surface area contributed by atoms with Gasteiger partial charge in [-0.3, -0.25) is 4.79 Å². The van der Waals surface area contributed by atoms with E-state index in [-0.39, 0.29) is 18.0 Å². The molecule has 0 saturated heterocycles. The van der Waals surface area contributed by atoms with E-state index >= 15 is 0 Å². The highest BCUT2D eigenvalue weighted by atomic mass is 35.5. The van der Waals surface area contributed by atoms with Gasteiger partial charge in [0.05, 0.1) is 6.10 Å². The monoisotopic (exact) mass is 150 g/mol. The van der Waals surface area contributed by atoms with Crippen molar-refractivity contribution < 1.29 is 9.53 Å². The topological polar surface area (TPSA) is 26.3 Å². The Morgan fingerprint density at radius 1 is 1.78 bits per heavy atom. The largest absolute Gasteiger partial charge is 0.462 e. The molecular formula is C6H11ClO2. The maximum atomic E-state index is 10.4. The molecule has 0 aliphatic heterocycles. The Bertz CT molecular complexity index is 93.1. The van der Waals surface area contributed by atoms with Crippen LogP contribution in [0.15, 0.2) is 0 Å². The molecule has 0 aliphatic carbocycles. The van der Waals surface area contributed by atoms with Crippen molar-refractivity contribution in [1.82, 2.24) is 0 Å². The van der Waals surface area contributed by atoms with Gasteiger partial charge in [-0.05, 0) is 13.3 Å². The smallest absolute Gasteiger partial charge is 0.321 e. The quantitative estimate of drug-likeness (QED) is 0.451. The van der Waals surface area contributed by atoms with Crippen molar-refractivity contribution in [2.45, 2.75) is 26.4 Å². The van der Waals surface area contributed by atoms with E-state index in [0.29, 0.717) is 0 Å². The minimum absolute atomic E-state index is 0.00347. The van der Waals surface area contributed by atoms with Crippen LogP contribution in [0.5, 0.6) is 0 Å². The van der Waals surface area contributed by atoms with Gasteiger partial charge in [0, 0.05) is 0 Å². The van der Waals surface area contributed by atoms with Crippen LogP contribution in [0.2, 0.25) is 0 Å². The first-order chi connectivity index (χ1) is 4.20. The summed E-state index contributed by atoms with van der Waals surface area (Å²) in [6.45, 7) is 3.79. The van der Waals surface area contributed by atoms with Crippen LogP contribution in [-0.4, -0.2) is 18.0 Å². The van der Waals surface area contributed by atoms with Crippen LogP contribution in [0, 0.1) is 0 Å². The first-order valence-corrected chi connectivity index (χ1v) is 3.49. The fraction of sp³-hybridized carbons (Fsp3) is 0.833. The van der Waals surface area contributed by atoms with E-state index in [4.69, 9.17) is 16.3 Å². The summed E-state index contributed by atoms with van der Waals surface area (Å²) in [5.74, 6) is -0.393. The summed E-state index contributed by atoms with van der Waals surface area (Å²) >= 11 is 5.18. The molecule has 9 heavy (non-hydrogen) atoms. The molecule has 0 aromatic carbocycles. The summed E-state index contributed by atoms with van der Waals surface area (Å²) in [6.07, 6.45) is 0.832. The molecule has 1 unspecified atom stereocenters. The maximum absolute atomic E-state index is 10.4. The number of hydrogen-bond acceptors (Lipinski definition) is 2. The van der Waals surface area contributed by atoms with Crippen molar-refractivity contribution >= 4 is 17.6 Å². The number of halogens is 1. The number of ether oxygens (including phenoxy) is 1. The Labute approximate surface area is 60.1 Å². The minimum Gasteiger partial charge on any atom is -0.462 e. The number of hydrogen-bond donors (Lipinski definition) is 0. The Kier molecular flexibility index (Phi) is 4.50. The van der Waals surface area contributed by atoms with Crippen molar-refractivity contribution in [3.63, 3.8) is 0 Å². The molecule has 0 bridgehead atoms. The molecule has 0 fully saturated rings. The molecule has 0 saturated carbocycles. The van der Waals surface area contributed by atoms with Gasteiger partial charge in [0.15, 0.2) is 0 Å². The van der Waals surface area contributed by atoms with Gasteiger partial charge in [-0.2, -0.15) is 0 Å². The van der Waals surface area contributed by atoms with Crippen molar-refractivity contribution in [2.24, 2.45) is 0 Å². The van der Waals surface area contributed by atoms with Gasteiger partial charge in [-0.15, -0.1) is 11.6 Å². The lowest BCUT2D eigenvalue weighted by Crippen LogP contribution is -2.14. The third-order valence-corrected chi connectivity index (χ3v) is 1.23. The van der Waals surface area contributed by atoms with E-state index in [1.807, 2.05) is 13.8 Å². The first-order valence-electron chi connectivity index (χ1n) is 2.96. The van der Waals surface area contributed by atoms with Crippen LogP contribution in [0.4, 0.5) is 0 Å². The molecule has 54 valence electrons. The van der Waals surface area contributed by atoms with Crippen LogP contribution in [-0.2, 0) is 9.53 Å². The highest BCUT2D eigenvalue weighted by molar-refractivity contribution is 6.26. The predicted molar refractivity (Wildman–Crippen MR) is 36.6 cm³/mol. The standard InChI is InChI=1S/C6H11ClO2/c1-3-5(2)9-6(8)4-7/h5H,3-4H2,1-2H3. The number of alkyl halides is 1. The normalized spacial score (nSPS) is 12.8. The van der Waals surface area contributed by atoms with E-state index in [0.717, 1.165) is 6.42 Å². The molecule has 0 aromatic rings. The number of carbonyl (C=O) groups is 1. The number of carbonyl (C=O) groups excluding carboxylic acids is 1. The summed E-state index contributed by atoms with van der Waals surface area (Å²) in [5, 5.41) is 0. The summed E-state index contributed by atoms with van der Waals surface area (Å²) in [6, 6.07) is 0. The van der Waals surface area contributed by atoms with Gasteiger partial charge in [0.25, 0.3) is 0 Å². The van der Waals surface area contributed by atoms with Crippen LogP contribution in [0.3, 0.4) is 0 Å². The first kappa shape index (κ1) is 8.76. The van der Waals surface area contributed by atoms with Gasteiger partial charge in [-0.25, -0.2) is 0 Å². The highest BCUT2D eigenvalue weighted by Crippen LogP contribution is 1.96. The zero-order valence-corrected chi connectivity index (χ0v) is 6.44. The van der Waals surface area contributed by atoms with Gasteiger partial charge >= 0.3 is 5.97 Å². The second-order valence-electron chi connectivity index (χ2n) is 1.84. The van der Waals surface area contributed by atoms with E-state index in [9.17, 15) is 4.79 Å². The summed E-state index contributed by atoms with van der Waals surface area (Å²) in [4.78, 5) is 10.4. The van der Waals surface area contributed by atoms with Crippen LogP contribution in [0.1, 0.15) is 20.3 Å². The molecule has 0 aliphatic rings. The lowest BCUT2D eigenvalue weighted by molar-refractivity contribution is -0.145. The zero-order valence-electron chi connectivity index (χ0n) is 5.69. The molecule has 0 radical (unpaired) electrons. The van der Waals surface area contributed by atoms with Crippen molar-refractivity contribution in [2.75, 3.05) is 5.88 Å². The van der Waals surface area contributed by atoms with Gasteiger partial charge < -0.3 is 4.74 Å². The Balaban J connectivity index is 3.34. The zero-order chi connectivity index (χ0) is 7.28. The molecule has 2 nitrogen and oxygen atoms in total.